The summed E-state index contributed by atoms with van der Waals surface area (Å²) in [5.74, 6) is 3.71. The van der Waals surface area contributed by atoms with Crippen molar-refractivity contribution < 1.29 is 0 Å². The van der Waals surface area contributed by atoms with E-state index in [1.54, 1.807) is 0 Å². The zero-order valence-electron chi connectivity index (χ0n) is 12.8. The molecule has 0 radical (unpaired) electrons. The molecule has 20 heavy (non-hydrogen) atoms. The summed E-state index contributed by atoms with van der Waals surface area (Å²) in [5, 5.41) is 3.98. The molecule has 0 unspecified atom stereocenters. The molecule has 0 spiro atoms. The van der Waals surface area contributed by atoms with Crippen LogP contribution in [0.2, 0.25) is 5.15 Å². The van der Waals surface area contributed by atoms with Gasteiger partial charge in [-0.05, 0) is 24.7 Å². The van der Waals surface area contributed by atoms with E-state index >= 15 is 0 Å². The first-order valence-electron chi connectivity index (χ1n) is 7.86. The topological polar surface area (TPSA) is 37.8 Å². The second-order valence-corrected chi connectivity index (χ2v) is 6.65. The zero-order chi connectivity index (χ0) is 14.5. The van der Waals surface area contributed by atoms with Gasteiger partial charge in [0.15, 0.2) is 0 Å². The first-order chi connectivity index (χ1) is 9.58. The minimum atomic E-state index is 0.300. The van der Waals surface area contributed by atoms with Gasteiger partial charge in [-0.2, -0.15) is 0 Å². The van der Waals surface area contributed by atoms with Gasteiger partial charge in [0.25, 0.3) is 0 Å². The van der Waals surface area contributed by atoms with Crippen molar-refractivity contribution in [3.05, 3.63) is 17.0 Å². The lowest BCUT2D eigenvalue weighted by molar-refractivity contribution is 0.278. The van der Waals surface area contributed by atoms with Gasteiger partial charge in [0.1, 0.15) is 16.8 Å². The van der Waals surface area contributed by atoms with Crippen molar-refractivity contribution in [1.82, 2.24) is 9.97 Å². The number of hydrogen-bond acceptors (Lipinski definition) is 3. The van der Waals surface area contributed by atoms with Crippen LogP contribution in [0.1, 0.15) is 64.6 Å². The number of nitrogens with one attached hydrogen (secondary N) is 1. The fourth-order valence-electron chi connectivity index (χ4n) is 2.88. The summed E-state index contributed by atoms with van der Waals surface area (Å²) in [6.45, 7) is 7.48. The monoisotopic (exact) mass is 295 g/mol. The van der Waals surface area contributed by atoms with Crippen LogP contribution in [-0.4, -0.2) is 16.5 Å². The third-order valence-electron chi connectivity index (χ3n) is 4.34. The van der Waals surface area contributed by atoms with E-state index in [4.69, 9.17) is 11.6 Å². The minimum absolute atomic E-state index is 0.300. The Balaban J connectivity index is 1.88. The quantitative estimate of drug-likeness (QED) is 0.787. The summed E-state index contributed by atoms with van der Waals surface area (Å²) in [4.78, 5) is 8.81. The molecule has 0 bridgehead atoms. The van der Waals surface area contributed by atoms with E-state index in [9.17, 15) is 0 Å². The third-order valence-corrected chi connectivity index (χ3v) is 4.54. The molecule has 1 aliphatic carbocycles. The van der Waals surface area contributed by atoms with Crippen LogP contribution in [0.15, 0.2) is 6.07 Å². The molecule has 1 aromatic heterocycles. The molecule has 4 heteroatoms. The Morgan fingerprint density at radius 2 is 1.85 bits per heavy atom. The lowest BCUT2D eigenvalue weighted by Crippen LogP contribution is -2.21. The number of hydrogen-bond donors (Lipinski definition) is 1. The Labute approximate surface area is 127 Å². The molecule has 1 aliphatic rings. The Bertz CT molecular complexity index is 426. The van der Waals surface area contributed by atoms with Gasteiger partial charge in [-0.15, -0.1) is 0 Å². The fraction of sp³-hybridized carbons (Fsp3) is 0.750. The van der Waals surface area contributed by atoms with Crippen molar-refractivity contribution in [2.45, 2.75) is 58.8 Å². The van der Waals surface area contributed by atoms with Crippen molar-refractivity contribution >= 4 is 17.4 Å². The van der Waals surface area contributed by atoms with E-state index in [1.807, 2.05) is 6.07 Å². The highest BCUT2D eigenvalue weighted by Crippen LogP contribution is 2.30. The van der Waals surface area contributed by atoms with Gasteiger partial charge in [-0.3, -0.25) is 0 Å². The number of rotatable bonds is 5. The van der Waals surface area contributed by atoms with E-state index in [-0.39, 0.29) is 0 Å². The maximum absolute atomic E-state index is 6.06. The predicted molar refractivity (Wildman–Crippen MR) is 85.4 cm³/mol. The van der Waals surface area contributed by atoms with E-state index in [0.717, 1.165) is 30.0 Å². The highest BCUT2D eigenvalue weighted by Gasteiger charge is 2.19. The predicted octanol–water partition coefficient (Wildman–Crippen LogP) is 4.88. The molecule has 112 valence electrons. The maximum Gasteiger partial charge on any atom is 0.135 e. The Hall–Kier alpha value is -0.830. The average molecular weight is 296 g/mol. The van der Waals surface area contributed by atoms with Crippen molar-refractivity contribution in [2.24, 2.45) is 11.8 Å². The molecule has 1 heterocycles. The van der Waals surface area contributed by atoms with Crippen molar-refractivity contribution in [3.63, 3.8) is 0 Å². The Morgan fingerprint density at radius 3 is 2.45 bits per heavy atom. The van der Waals surface area contributed by atoms with Gasteiger partial charge >= 0.3 is 0 Å². The van der Waals surface area contributed by atoms with Crippen LogP contribution >= 0.6 is 11.6 Å². The van der Waals surface area contributed by atoms with Crippen LogP contribution in [0.5, 0.6) is 0 Å². The summed E-state index contributed by atoms with van der Waals surface area (Å²) < 4.78 is 0. The van der Waals surface area contributed by atoms with Crippen LogP contribution < -0.4 is 5.32 Å². The lowest BCUT2D eigenvalue weighted by atomic mass is 9.81. The Kier molecular flexibility index (Phi) is 5.64. The second-order valence-electron chi connectivity index (χ2n) is 6.26. The van der Waals surface area contributed by atoms with Crippen molar-refractivity contribution in [2.75, 3.05) is 11.9 Å². The van der Waals surface area contributed by atoms with Gasteiger partial charge < -0.3 is 5.32 Å². The summed E-state index contributed by atoms with van der Waals surface area (Å²) in [6.07, 6.45) is 6.76. The molecule has 1 aromatic rings. The smallest absolute Gasteiger partial charge is 0.135 e. The van der Waals surface area contributed by atoms with Crippen LogP contribution in [0, 0.1) is 11.8 Å². The molecule has 3 nitrogen and oxygen atoms in total. The molecule has 1 fully saturated rings. The molecule has 1 saturated carbocycles. The molecule has 0 atom stereocenters. The number of halogens is 1. The van der Waals surface area contributed by atoms with Crippen LogP contribution in [0.25, 0.3) is 0 Å². The third kappa shape index (κ3) is 4.34. The summed E-state index contributed by atoms with van der Waals surface area (Å²) in [6, 6.07) is 1.82. The van der Waals surface area contributed by atoms with E-state index in [1.165, 1.54) is 32.1 Å². The molecular formula is C16H26ClN3. The van der Waals surface area contributed by atoms with Gasteiger partial charge in [-0.25, -0.2) is 9.97 Å². The normalized spacial score (nSPS) is 23.1. The van der Waals surface area contributed by atoms with Gasteiger partial charge in [-0.1, -0.05) is 51.6 Å². The number of nitrogens with zero attached hydrogens (tertiary/aromatic N) is 2. The highest BCUT2D eigenvalue weighted by molar-refractivity contribution is 6.29. The van der Waals surface area contributed by atoms with Crippen LogP contribution in [0.4, 0.5) is 5.82 Å². The van der Waals surface area contributed by atoms with Crippen molar-refractivity contribution in [3.8, 4) is 0 Å². The number of anilines is 1. The maximum atomic E-state index is 6.06. The standard InChI is InChI=1S/C16H26ClN3/c1-4-12-5-7-13(8-6-12)10-18-15-9-14(17)19-16(20-15)11(2)3/h9,11-13H,4-8,10H2,1-3H3,(H,18,19,20). The lowest BCUT2D eigenvalue weighted by Gasteiger charge is -2.28. The van der Waals surface area contributed by atoms with E-state index in [2.05, 4.69) is 36.1 Å². The first kappa shape index (κ1) is 15.6. The minimum Gasteiger partial charge on any atom is -0.370 e. The Morgan fingerprint density at radius 1 is 1.20 bits per heavy atom. The van der Waals surface area contributed by atoms with Crippen LogP contribution in [-0.2, 0) is 0 Å². The van der Waals surface area contributed by atoms with Crippen molar-refractivity contribution in [1.29, 1.82) is 0 Å². The number of aromatic nitrogens is 2. The van der Waals surface area contributed by atoms with Gasteiger partial charge in [0.05, 0.1) is 0 Å². The zero-order valence-corrected chi connectivity index (χ0v) is 13.6. The van der Waals surface area contributed by atoms with E-state index in [0.29, 0.717) is 11.1 Å². The molecule has 1 N–H and O–H groups in total. The summed E-state index contributed by atoms with van der Waals surface area (Å²) >= 11 is 6.06. The molecular weight excluding hydrogens is 270 g/mol. The second kappa shape index (κ2) is 7.26. The molecule has 0 aromatic carbocycles. The summed E-state index contributed by atoms with van der Waals surface area (Å²) in [5.41, 5.74) is 0. The molecule has 0 aliphatic heterocycles. The highest BCUT2D eigenvalue weighted by atomic mass is 35.5. The van der Waals surface area contributed by atoms with Gasteiger partial charge in [0, 0.05) is 18.5 Å². The molecule has 0 saturated heterocycles. The fourth-order valence-corrected chi connectivity index (χ4v) is 3.07. The first-order valence-corrected chi connectivity index (χ1v) is 8.24. The largest absolute Gasteiger partial charge is 0.370 e. The van der Waals surface area contributed by atoms with E-state index < -0.39 is 0 Å². The van der Waals surface area contributed by atoms with Crippen LogP contribution in [0.3, 0.4) is 0 Å². The summed E-state index contributed by atoms with van der Waals surface area (Å²) in [7, 11) is 0. The van der Waals surface area contributed by atoms with Gasteiger partial charge in [0.2, 0.25) is 0 Å². The SMILES string of the molecule is CCC1CCC(CNc2cc(Cl)nc(C(C)C)n2)CC1. The molecule has 2 rings (SSSR count). The molecule has 0 amide bonds. The average Bonchev–Trinajstić information content (AvgIpc) is 2.45.